The topological polar surface area (TPSA) is 29.5 Å². The Balaban J connectivity index is 1.49. The standard InChI is InChI=1S/C30H24F7NO2/c1-17(20-11-22(29(32,33)34)15-23(12-20)30(35,36)37)40-26-16-38-25(28(26)19-7-9-24(31)10-8-19)13-21(14-27(38)39)18-5-3-2-4-6-18/h2-12,14-15,17,25-26,28H,13,16H2,1H3/t17-,25?,26+,28+/m1/s1. The number of halogens is 7. The smallest absolute Gasteiger partial charge is 0.368 e. The van der Waals surface area contributed by atoms with Gasteiger partial charge in [0.2, 0.25) is 5.91 Å². The van der Waals surface area contributed by atoms with Crippen molar-refractivity contribution in [3.8, 4) is 0 Å². The number of carbonyl (C=O) groups excluding carboxylic acids is 1. The zero-order valence-electron chi connectivity index (χ0n) is 21.1. The Hall–Kier alpha value is -3.66. The number of ether oxygens (including phenoxy) is 1. The van der Waals surface area contributed by atoms with E-state index in [9.17, 15) is 35.5 Å². The summed E-state index contributed by atoms with van der Waals surface area (Å²) in [7, 11) is 0. The number of hydrogen-bond donors (Lipinski definition) is 0. The molecule has 1 fully saturated rings. The third kappa shape index (κ3) is 5.63. The lowest BCUT2D eigenvalue weighted by atomic mass is 9.83. The first-order chi connectivity index (χ1) is 18.8. The van der Waals surface area contributed by atoms with E-state index in [1.54, 1.807) is 17.0 Å². The van der Waals surface area contributed by atoms with Gasteiger partial charge in [-0.3, -0.25) is 4.79 Å². The first kappa shape index (κ1) is 27.9. The van der Waals surface area contributed by atoms with Gasteiger partial charge in [-0.15, -0.1) is 0 Å². The number of nitrogens with zero attached hydrogens (tertiary/aromatic N) is 1. The molecule has 1 amide bonds. The minimum atomic E-state index is -4.99. The summed E-state index contributed by atoms with van der Waals surface area (Å²) in [6, 6.07) is 15.9. The van der Waals surface area contributed by atoms with Gasteiger partial charge in [-0.25, -0.2) is 4.39 Å². The van der Waals surface area contributed by atoms with Gasteiger partial charge in [0, 0.05) is 24.6 Å². The molecule has 0 spiro atoms. The first-order valence-electron chi connectivity index (χ1n) is 12.6. The summed E-state index contributed by atoms with van der Waals surface area (Å²) in [5, 5.41) is 0. The zero-order valence-corrected chi connectivity index (χ0v) is 21.1. The van der Waals surface area contributed by atoms with Gasteiger partial charge in [-0.2, -0.15) is 26.3 Å². The van der Waals surface area contributed by atoms with Crippen LogP contribution < -0.4 is 0 Å². The number of alkyl halides is 6. The normalized spacial score (nSPS) is 22.2. The summed E-state index contributed by atoms with van der Waals surface area (Å²) in [5.41, 5.74) is -0.861. The van der Waals surface area contributed by atoms with E-state index in [2.05, 4.69) is 0 Å². The van der Waals surface area contributed by atoms with Crippen molar-refractivity contribution in [1.82, 2.24) is 4.90 Å². The number of fused-ring (bicyclic) bond motifs is 1. The van der Waals surface area contributed by atoms with Crippen LogP contribution in [0.2, 0.25) is 0 Å². The van der Waals surface area contributed by atoms with E-state index in [0.29, 0.717) is 24.1 Å². The monoisotopic (exact) mass is 563 g/mol. The molecule has 2 heterocycles. The largest absolute Gasteiger partial charge is 0.416 e. The fraction of sp³-hybridized carbons (Fsp3) is 0.300. The molecule has 0 radical (unpaired) electrons. The van der Waals surface area contributed by atoms with Gasteiger partial charge in [0.15, 0.2) is 0 Å². The Bertz CT molecular complexity index is 1380. The predicted octanol–water partition coefficient (Wildman–Crippen LogP) is 7.79. The highest BCUT2D eigenvalue weighted by Crippen LogP contribution is 2.45. The maximum atomic E-state index is 13.8. The summed E-state index contributed by atoms with van der Waals surface area (Å²) in [6.07, 6.45) is -9.97. The van der Waals surface area contributed by atoms with E-state index in [-0.39, 0.29) is 24.1 Å². The Morgan fingerprint density at radius 1 is 0.875 bits per heavy atom. The van der Waals surface area contributed by atoms with Gasteiger partial charge in [-0.05, 0) is 65.9 Å². The van der Waals surface area contributed by atoms with E-state index in [1.807, 2.05) is 30.3 Å². The molecule has 0 aromatic heterocycles. The molecule has 0 aliphatic carbocycles. The van der Waals surface area contributed by atoms with Crippen molar-refractivity contribution < 1.29 is 40.3 Å². The molecule has 2 aliphatic heterocycles. The molecule has 3 aromatic carbocycles. The molecular weight excluding hydrogens is 539 g/mol. The summed E-state index contributed by atoms with van der Waals surface area (Å²) in [6.45, 7) is 1.45. The van der Waals surface area contributed by atoms with Gasteiger partial charge < -0.3 is 9.64 Å². The minimum Gasteiger partial charge on any atom is -0.368 e. The average molecular weight is 564 g/mol. The highest BCUT2D eigenvalue weighted by molar-refractivity contribution is 5.97. The molecule has 5 rings (SSSR count). The highest BCUT2D eigenvalue weighted by Gasteiger charge is 2.48. The SMILES string of the molecule is C[C@@H](O[C@H]1CN2C(=O)C=C(c3ccccc3)CC2[C@@H]1c1ccc(F)cc1)c1cc(C(F)(F)F)cc(C(F)(F)F)c1. The van der Waals surface area contributed by atoms with E-state index in [4.69, 9.17) is 4.74 Å². The number of rotatable bonds is 5. The molecule has 10 heteroatoms. The molecule has 3 nitrogen and oxygen atoms in total. The van der Waals surface area contributed by atoms with Gasteiger partial charge in [-0.1, -0.05) is 42.5 Å². The fourth-order valence-corrected chi connectivity index (χ4v) is 5.55. The number of benzene rings is 3. The van der Waals surface area contributed by atoms with E-state index >= 15 is 0 Å². The maximum Gasteiger partial charge on any atom is 0.416 e. The van der Waals surface area contributed by atoms with Gasteiger partial charge in [0.05, 0.1) is 23.3 Å². The van der Waals surface area contributed by atoms with Crippen molar-refractivity contribution in [3.05, 3.63) is 113 Å². The quantitative estimate of drug-likeness (QED) is 0.297. The summed E-state index contributed by atoms with van der Waals surface area (Å²) in [5.74, 6) is -1.26. The Labute approximate surface area is 225 Å². The fourth-order valence-electron chi connectivity index (χ4n) is 5.55. The second-order valence-corrected chi connectivity index (χ2v) is 10.0. The van der Waals surface area contributed by atoms with Crippen LogP contribution in [-0.4, -0.2) is 29.5 Å². The lowest BCUT2D eigenvalue weighted by molar-refractivity contribution is -0.143. The molecule has 210 valence electrons. The molecule has 40 heavy (non-hydrogen) atoms. The van der Waals surface area contributed by atoms with Crippen molar-refractivity contribution in [2.45, 2.75) is 49.9 Å². The van der Waals surface area contributed by atoms with E-state index in [0.717, 1.165) is 11.1 Å². The van der Waals surface area contributed by atoms with Crippen molar-refractivity contribution in [1.29, 1.82) is 0 Å². The molecule has 4 atom stereocenters. The van der Waals surface area contributed by atoms with Crippen LogP contribution in [0.25, 0.3) is 5.57 Å². The maximum absolute atomic E-state index is 13.8. The van der Waals surface area contributed by atoms with Crippen LogP contribution >= 0.6 is 0 Å². The van der Waals surface area contributed by atoms with Crippen LogP contribution in [-0.2, 0) is 21.9 Å². The van der Waals surface area contributed by atoms with Crippen LogP contribution in [0.3, 0.4) is 0 Å². The molecule has 0 bridgehead atoms. The Morgan fingerprint density at radius 2 is 1.48 bits per heavy atom. The Kier molecular flexibility index (Phi) is 7.24. The van der Waals surface area contributed by atoms with Crippen LogP contribution in [0.15, 0.2) is 78.9 Å². The number of amides is 1. The van der Waals surface area contributed by atoms with Crippen LogP contribution in [0, 0.1) is 5.82 Å². The minimum absolute atomic E-state index is 0.0690. The molecule has 1 saturated heterocycles. The second-order valence-electron chi connectivity index (χ2n) is 10.0. The van der Waals surface area contributed by atoms with Gasteiger partial charge in [0.25, 0.3) is 0 Å². The van der Waals surface area contributed by atoms with Crippen molar-refractivity contribution in [2.24, 2.45) is 0 Å². The first-order valence-corrected chi connectivity index (χ1v) is 12.6. The molecule has 0 saturated carbocycles. The molecule has 3 aromatic rings. The third-order valence-corrected chi connectivity index (χ3v) is 7.46. The molecular formula is C30H24F7NO2. The van der Waals surface area contributed by atoms with Gasteiger partial charge in [0.1, 0.15) is 5.82 Å². The highest BCUT2D eigenvalue weighted by atomic mass is 19.4. The third-order valence-electron chi connectivity index (χ3n) is 7.46. The summed E-state index contributed by atoms with van der Waals surface area (Å²) < 4.78 is 101. The summed E-state index contributed by atoms with van der Waals surface area (Å²) in [4.78, 5) is 14.8. The second kappa shape index (κ2) is 10.4. The Morgan fingerprint density at radius 3 is 2.05 bits per heavy atom. The lowest BCUT2D eigenvalue weighted by Gasteiger charge is -2.33. The number of hydrogen-bond acceptors (Lipinski definition) is 2. The van der Waals surface area contributed by atoms with Crippen molar-refractivity contribution in [3.63, 3.8) is 0 Å². The van der Waals surface area contributed by atoms with Crippen LogP contribution in [0.1, 0.15) is 53.2 Å². The van der Waals surface area contributed by atoms with E-state index < -0.39 is 53.5 Å². The summed E-state index contributed by atoms with van der Waals surface area (Å²) >= 11 is 0. The predicted molar refractivity (Wildman–Crippen MR) is 133 cm³/mol. The van der Waals surface area contributed by atoms with Crippen LogP contribution in [0.4, 0.5) is 30.7 Å². The molecule has 2 aliphatic rings. The molecule has 0 N–H and O–H groups in total. The zero-order chi connectivity index (χ0) is 28.8. The average Bonchev–Trinajstić information content (AvgIpc) is 3.26. The van der Waals surface area contributed by atoms with Crippen molar-refractivity contribution >= 4 is 11.5 Å². The van der Waals surface area contributed by atoms with Gasteiger partial charge >= 0.3 is 12.4 Å². The lowest BCUT2D eigenvalue weighted by Crippen LogP contribution is -2.39. The number of carbonyl (C=O) groups is 1. The van der Waals surface area contributed by atoms with E-state index in [1.165, 1.54) is 25.1 Å². The van der Waals surface area contributed by atoms with Crippen LogP contribution in [0.5, 0.6) is 0 Å². The molecule has 1 unspecified atom stereocenters. The van der Waals surface area contributed by atoms with Crippen molar-refractivity contribution in [2.75, 3.05) is 6.54 Å².